The van der Waals surface area contributed by atoms with Crippen LogP contribution in [0.25, 0.3) is 0 Å². The van der Waals surface area contributed by atoms with E-state index < -0.39 is 0 Å². The minimum absolute atomic E-state index is 0.337. The van der Waals surface area contributed by atoms with Crippen LogP contribution < -0.4 is 0 Å². The van der Waals surface area contributed by atoms with Crippen LogP contribution in [-0.2, 0) is 17.9 Å². The summed E-state index contributed by atoms with van der Waals surface area (Å²) in [6.45, 7) is 5.96. The predicted molar refractivity (Wildman–Crippen MR) is 86.8 cm³/mol. The van der Waals surface area contributed by atoms with Crippen molar-refractivity contribution in [3.63, 3.8) is 0 Å². The van der Waals surface area contributed by atoms with Gasteiger partial charge in [-0.05, 0) is 30.2 Å². The lowest BCUT2D eigenvalue weighted by Gasteiger charge is -2.36. The van der Waals surface area contributed by atoms with Gasteiger partial charge in [0.05, 0.1) is 25.5 Å². The van der Waals surface area contributed by atoms with Gasteiger partial charge in [0.1, 0.15) is 5.76 Å². The Labute approximate surface area is 136 Å². The van der Waals surface area contributed by atoms with E-state index in [0.717, 1.165) is 50.5 Å². The molecule has 0 aliphatic carbocycles. The highest BCUT2D eigenvalue weighted by Crippen LogP contribution is 2.25. The third-order valence-electron chi connectivity index (χ3n) is 4.83. The van der Waals surface area contributed by atoms with Crippen LogP contribution in [0.4, 0.5) is 0 Å². The van der Waals surface area contributed by atoms with Crippen molar-refractivity contribution >= 4 is 0 Å². The Kier molecular flexibility index (Phi) is 4.41. The van der Waals surface area contributed by atoms with E-state index in [4.69, 9.17) is 9.15 Å². The zero-order valence-electron chi connectivity index (χ0n) is 13.3. The van der Waals surface area contributed by atoms with Crippen molar-refractivity contribution < 1.29 is 9.15 Å². The van der Waals surface area contributed by atoms with E-state index in [1.54, 1.807) is 12.5 Å². The van der Waals surface area contributed by atoms with Crippen molar-refractivity contribution in [2.24, 2.45) is 0 Å². The predicted octanol–water partition coefficient (Wildman–Crippen LogP) is 2.15. The van der Waals surface area contributed by atoms with Gasteiger partial charge in [0.25, 0.3) is 0 Å². The van der Waals surface area contributed by atoms with Crippen molar-refractivity contribution in [1.82, 2.24) is 14.8 Å². The molecule has 0 radical (unpaired) electrons. The zero-order valence-corrected chi connectivity index (χ0v) is 13.3. The lowest BCUT2D eigenvalue weighted by Crippen LogP contribution is -2.49. The molecule has 2 fully saturated rings. The van der Waals surface area contributed by atoms with Gasteiger partial charge in [-0.2, -0.15) is 0 Å². The SMILES string of the molecule is c1cncc(CO[C@@H]2C[C@@H]3CN(Cc4ccco4)CCN3C2)c1. The fourth-order valence-electron chi connectivity index (χ4n) is 3.65. The zero-order chi connectivity index (χ0) is 15.5. The van der Waals surface area contributed by atoms with Gasteiger partial charge in [-0.3, -0.25) is 14.8 Å². The van der Waals surface area contributed by atoms with Gasteiger partial charge in [-0.1, -0.05) is 6.07 Å². The lowest BCUT2D eigenvalue weighted by molar-refractivity contribution is 0.0455. The van der Waals surface area contributed by atoms with Gasteiger partial charge in [0.15, 0.2) is 0 Å². The first-order chi connectivity index (χ1) is 11.4. The van der Waals surface area contributed by atoms with Crippen LogP contribution in [-0.4, -0.2) is 53.1 Å². The van der Waals surface area contributed by atoms with Crippen LogP contribution in [0.2, 0.25) is 0 Å². The first-order valence-corrected chi connectivity index (χ1v) is 8.36. The maximum atomic E-state index is 6.10. The summed E-state index contributed by atoms with van der Waals surface area (Å²) < 4.78 is 11.6. The molecular weight excluding hydrogens is 290 g/mol. The highest BCUT2D eigenvalue weighted by molar-refractivity contribution is 5.07. The summed E-state index contributed by atoms with van der Waals surface area (Å²) in [5.74, 6) is 1.06. The van der Waals surface area contributed by atoms with Gasteiger partial charge in [-0.15, -0.1) is 0 Å². The lowest BCUT2D eigenvalue weighted by atomic mass is 10.1. The molecule has 0 unspecified atom stereocenters. The largest absolute Gasteiger partial charge is 0.468 e. The third kappa shape index (κ3) is 3.63. The fraction of sp³-hybridized carbons (Fsp3) is 0.500. The Morgan fingerprint density at radius 1 is 1.22 bits per heavy atom. The Hall–Kier alpha value is -1.69. The Morgan fingerprint density at radius 2 is 2.22 bits per heavy atom. The van der Waals surface area contributed by atoms with E-state index in [9.17, 15) is 0 Å². The molecule has 2 aromatic heterocycles. The summed E-state index contributed by atoms with van der Waals surface area (Å²) in [5, 5.41) is 0. The number of pyridine rings is 1. The second kappa shape index (κ2) is 6.83. The topological polar surface area (TPSA) is 41.7 Å². The van der Waals surface area contributed by atoms with Crippen molar-refractivity contribution in [2.45, 2.75) is 31.7 Å². The van der Waals surface area contributed by atoms with Gasteiger partial charge in [0.2, 0.25) is 0 Å². The van der Waals surface area contributed by atoms with Crippen LogP contribution in [0.1, 0.15) is 17.7 Å². The molecule has 5 nitrogen and oxygen atoms in total. The molecule has 0 aromatic carbocycles. The second-order valence-corrected chi connectivity index (χ2v) is 6.49. The Bertz CT molecular complexity index is 602. The normalized spacial score (nSPS) is 25.6. The molecule has 4 heterocycles. The summed E-state index contributed by atoms with van der Waals surface area (Å²) in [6.07, 6.45) is 6.89. The molecular formula is C18H23N3O2. The van der Waals surface area contributed by atoms with E-state index in [0.29, 0.717) is 18.8 Å². The van der Waals surface area contributed by atoms with E-state index >= 15 is 0 Å². The molecule has 0 amide bonds. The summed E-state index contributed by atoms with van der Waals surface area (Å²) in [6, 6.07) is 8.66. The number of hydrogen-bond acceptors (Lipinski definition) is 5. The van der Waals surface area contributed by atoms with E-state index in [2.05, 4.69) is 26.9 Å². The van der Waals surface area contributed by atoms with Crippen molar-refractivity contribution in [3.05, 3.63) is 54.2 Å². The molecule has 5 heteroatoms. The van der Waals surface area contributed by atoms with Crippen LogP contribution in [0.5, 0.6) is 0 Å². The number of piperazine rings is 1. The quantitative estimate of drug-likeness (QED) is 0.846. The van der Waals surface area contributed by atoms with Gasteiger partial charge in [-0.25, -0.2) is 0 Å². The number of hydrogen-bond donors (Lipinski definition) is 0. The van der Waals surface area contributed by atoms with Crippen LogP contribution in [0.3, 0.4) is 0 Å². The first-order valence-electron chi connectivity index (χ1n) is 8.36. The number of rotatable bonds is 5. The molecule has 2 aliphatic rings. The number of aromatic nitrogens is 1. The monoisotopic (exact) mass is 313 g/mol. The maximum absolute atomic E-state index is 6.10. The molecule has 4 rings (SSSR count). The average Bonchev–Trinajstić information content (AvgIpc) is 3.23. The molecule has 2 aromatic rings. The summed E-state index contributed by atoms with van der Waals surface area (Å²) in [7, 11) is 0. The van der Waals surface area contributed by atoms with Gasteiger partial charge < -0.3 is 9.15 Å². The summed E-state index contributed by atoms with van der Waals surface area (Å²) in [4.78, 5) is 9.21. The standard InChI is InChI=1S/C18H23N3O2/c1-3-15(10-19-5-1)14-23-18-9-16-11-20(6-7-21(16)13-18)12-17-4-2-8-22-17/h1-5,8,10,16,18H,6-7,9,11-14H2/t16-,18-/m1/s1. The number of fused-ring (bicyclic) bond motifs is 1. The molecule has 2 atom stereocenters. The minimum Gasteiger partial charge on any atom is -0.468 e. The van der Waals surface area contributed by atoms with Gasteiger partial charge >= 0.3 is 0 Å². The minimum atomic E-state index is 0.337. The molecule has 23 heavy (non-hydrogen) atoms. The van der Waals surface area contributed by atoms with Crippen molar-refractivity contribution in [1.29, 1.82) is 0 Å². The highest BCUT2D eigenvalue weighted by atomic mass is 16.5. The van der Waals surface area contributed by atoms with Crippen LogP contribution in [0, 0.1) is 0 Å². The molecule has 2 aliphatic heterocycles. The van der Waals surface area contributed by atoms with Crippen LogP contribution >= 0.6 is 0 Å². The second-order valence-electron chi connectivity index (χ2n) is 6.49. The number of furan rings is 1. The Balaban J connectivity index is 1.27. The number of ether oxygens (including phenoxy) is 1. The van der Waals surface area contributed by atoms with E-state index in [-0.39, 0.29) is 0 Å². The molecule has 0 saturated carbocycles. The smallest absolute Gasteiger partial charge is 0.117 e. The van der Waals surface area contributed by atoms with Gasteiger partial charge in [0, 0.05) is 44.6 Å². The first kappa shape index (κ1) is 14.9. The third-order valence-corrected chi connectivity index (χ3v) is 4.83. The highest BCUT2D eigenvalue weighted by Gasteiger charge is 2.36. The molecule has 0 spiro atoms. The van der Waals surface area contributed by atoms with Crippen molar-refractivity contribution in [3.8, 4) is 0 Å². The molecule has 0 N–H and O–H groups in total. The van der Waals surface area contributed by atoms with Crippen LogP contribution in [0.15, 0.2) is 47.3 Å². The molecule has 0 bridgehead atoms. The van der Waals surface area contributed by atoms with E-state index in [1.165, 1.54) is 0 Å². The van der Waals surface area contributed by atoms with E-state index in [1.807, 2.05) is 18.3 Å². The molecule has 122 valence electrons. The number of nitrogens with zero attached hydrogens (tertiary/aromatic N) is 3. The fourth-order valence-corrected chi connectivity index (χ4v) is 3.65. The maximum Gasteiger partial charge on any atom is 0.117 e. The summed E-state index contributed by atoms with van der Waals surface area (Å²) >= 11 is 0. The average molecular weight is 313 g/mol. The summed E-state index contributed by atoms with van der Waals surface area (Å²) in [5.41, 5.74) is 1.15. The van der Waals surface area contributed by atoms with Crippen molar-refractivity contribution in [2.75, 3.05) is 26.2 Å². The Morgan fingerprint density at radius 3 is 3.04 bits per heavy atom. The molecule has 2 saturated heterocycles.